The minimum atomic E-state index is -0.544. The first kappa shape index (κ1) is 16.5. The number of nitro groups is 1. The third-order valence-electron chi connectivity index (χ3n) is 2.99. The van der Waals surface area contributed by atoms with Crippen molar-refractivity contribution in [1.82, 2.24) is 5.32 Å². The molecule has 2 aromatic carbocycles. The normalized spacial score (nSPS) is 10.3. The largest absolute Gasteiger partial charge is 0.348 e. The lowest BCUT2D eigenvalue weighted by Crippen LogP contribution is -2.23. The Morgan fingerprint density at radius 1 is 1.32 bits per heavy atom. The molecule has 0 atom stereocenters. The molecule has 0 bridgehead atoms. The first-order valence-electron chi connectivity index (χ1n) is 6.36. The smallest absolute Gasteiger partial charge is 0.282 e. The van der Waals surface area contributed by atoms with Crippen LogP contribution in [-0.4, -0.2) is 17.1 Å². The van der Waals surface area contributed by atoms with Gasteiger partial charge in [0.05, 0.1) is 4.92 Å². The summed E-state index contributed by atoms with van der Waals surface area (Å²) in [5.74, 6) is -0.456. The fraction of sp³-hybridized carbons (Fsp3) is 0.133. The molecule has 22 heavy (non-hydrogen) atoms. The van der Waals surface area contributed by atoms with E-state index in [9.17, 15) is 14.9 Å². The van der Waals surface area contributed by atoms with Crippen molar-refractivity contribution in [2.24, 2.45) is 0 Å². The van der Waals surface area contributed by atoms with Gasteiger partial charge in [-0.1, -0.05) is 28.1 Å². The molecule has 7 heteroatoms. The van der Waals surface area contributed by atoms with Gasteiger partial charge in [0, 0.05) is 22.0 Å². The van der Waals surface area contributed by atoms with Crippen LogP contribution in [0.2, 0.25) is 0 Å². The maximum absolute atomic E-state index is 12.3. The fourth-order valence-electron chi connectivity index (χ4n) is 1.91. The van der Waals surface area contributed by atoms with Crippen LogP contribution < -0.4 is 5.32 Å². The van der Waals surface area contributed by atoms with E-state index in [2.05, 4.69) is 21.2 Å². The van der Waals surface area contributed by atoms with Gasteiger partial charge in [-0.2, -0.15) is 0 Å². The van der Waals surface area contributed by atoms with E-state index in [1.807, 2.05) is 30.5 Å². The van der Waals surface area contributed by atoms with Crippen molar-refractivity contribution in [3.05, 3.63) is 68.2 Å². The highest BCUT2D eigenvalue weighted by atomic mass is 79.9. The second kappa shape index (κ2) is 7.42. The van der Waals surface area contributed by atoms with E-state index in [0.717, 1.165) is 14.9 Å². The van der Waals surface area contributed by atoms with Crippen LogP contribution >= 0.6 is 27.7 Å². The van der Waals surface area contributed by atoms with Crippen molar-refractivity contribution in [2.75, 3.05) is 6.26 Å². The number of nitrogens with zero attached hydrogens (tertiary/aromatic N) is 1. The summed E-state index contributed by atoms with van der Waals surface area (Å²) >= 11 is 4.79. The van der Waals surface area contributed by atoms with E-state index >= 15 is 0 Å². The van der Waals surface area contributed by atoms with Crippen LogP contribution in [0, 0.1) is 10.1 Å². The van der Waals surface area contributed by atoms with E-state index in [-0.39, 0.29) is 11.3 Å². The number of hydrogen-bond donors (Lipinski definition) is 1. The molecular weight excluding hydrogens is 368 g/mol. The zero-order chi connectivity index (χ0) is 16.1. The van der Waals surface area contributed by atoms with Crippen LogP contribution in [0.5, 0.6) is 0 Å². The molecule has 0 aromatic heterocycles. The molecule has 1 N–H and O–H groups in total. The van der Waals surface area contributed by atoms with Crippen LogP contribution in [0.15, 0.2) is 51.8 Å². The Balaban J connectivity index is 2.19. The number of benzene rings is 2. The molecule has 0 aliphatic carbocycles. The lowest BCUT2D eigenvalue weighted by Gasteiger charge is -2.07. The molecular formula is C15H13BrN2O3S. The molecule has 1 amide bonds. The van der Waals surface area contributed by atoms with Gasteiger partial charge in [-0.25, -0.2) is 0 Å². The van der Waals surface area contributed by atoms with Crippen molar-refractivity contribution in [1.29, 1.82) is 0 Å². The van der Waals surface area contributed by atoms with Gasteiger partial charge < -0.3 is 5.32 Å². The van der Waals surface area contributed by atoms with E-state index < -0.39 is 10.8 Å². The SMILES string of the molecule is CSc1ccc([N+](=O)[O-])c(C(=O)NCc2cccc(Br)c2)c1. The monoisotopic (exact) mass is 380 g/mol. The minimum Gasteiger partial charge on any atom is -0.348 e. The minimum absolute atomic E-state index is 0.0758. The van der Waals surface area contributed by atoms with Gasteiger partial charge in [0.15, 0.2) is 0 Å². The lowest BCUT2D eigenvalue weighted by atomic mass is 10.1. The summed E-state index contributed by atoms with van der Waals surface area (Å²) in [7, 11) is 0. The first-order valence-corrected chi connectivity index (χ1v) is 8.38. The van der Waals surface area contributed by atoms with E-state index in [0.29, 0.717) is 6.54 Å². The van der Waals surface area contributed by atoms with Crippen molar-refractivity contribution in [2.45, 2.75) is 11.4 Å². The zero-order valence-corrected chi connectivity index (χ0v) is 14.1. The Hall–Kier alpha value is -1.86. The zero-order valence-electron chi connectivity index (χ0n) is 11.7. The van der Waals surface area contributed by atoms with Crippen LogP contribution in [0.3, 0.4) is 0 Å². The third kappa shape index (κ3) is 4.08. The van der Waals surface area contributed by atoms with Gasteiger partial charge in [-0.15, -0.1) is 11.8 Å². The van der Waals surface area contributed by atoms with Gasteiger partial charge in [0.2, 0.25) is 0 Å². The number of rotatable bonds is 5. The highest BCUT2D eigenvalue weighted by Gasteiger charge is 2.20. The Bertz CT molecular complexity index is 722. The number of nitro benzene ring substituents is 1. The summed E-state index contributed by atoms with van der Waals surface area (Å²) in [4.78, 5) is 23.6. The van der Waals surface area contributed by atoms with Crippen LogP contribution in [-0.2, 0) is 6.54 Å². The molecule has 2 aromatic rings. The highest BCUT2D eigenvalue weighted by Crippen LogP contribution is 2.24. The molecule has 0 spiro atoms. The van der Waals surface area contributed by atoms with E-state index in [4.69, 9.17) is 0 Å². The Labute approximate surface area is 140 Å². The second-order valence-corrected chi connectivity index (χ2v) is 6.25. The highest BCUT2D eigenvalue weighted by molar-refractivity contribution is 9.10. The van der Waals surface area contributed by atoms with E-state index in [1.54, 1.807) is 12.1 Å². The maximum atomic E-state index is 12.3. The topological polar surface area (TPSA) is 72.2 Å². The van der Waals surface area contributed by atoms with Gasteiger partial charge in [-0.3, -0.25) is 14.9 Å². The fourth-order valence-corrected chi connectivity index (χ4v) is 2.79. The number of carbonyl (C=O) groups is 1. The predicted molar refractivity (Wildman–Crippen MR) is 90.2 cm³/mol. The van der Waals surface area contributed by atoms with Gasteiger partial charge in [0.1, 0.15) is 5.56 Å². The van der Waals surface area contributed by atoms with Gasteiger partial charge >= 0.3 is 0 Å². The van der Waals surface area contributed by atoms with Gasteiger partial charge in [0.25, 0.3) is 11.6 Å². The van der Waals surface area contributed by atoms with Crippen LogP contribution in [0.1, 0.15) is 15.9 Å². The number of halogens is 1. The van der Waals surface area contributed by atoms with Crippen LogP contribution in [0.4, 0.5) is 5.69 Å². The van der Waals surface area contributed by atoms with Crippen molar-refractivity contribution in [3.8, 4) is 0 Å². The lowest BCUT2D eigenvalue weighted by molar-refractivity contribution is -0.385. The number of thioether (sulfide) groups is 1. The molecule has 0 saturated heterocycles. The Morgan fingerprint density at radius 2 is 2.09 bits per heavy atom. The Kier molecular flexibility index (Phi) is 5.57. The van der Waals surface area contributed by atoms with Crippen molar-refractivity contribution in [3.63, 3.8) is 0 Å². The molecule has 0 heterocycles. The summed E-state index contributed by atoms with van der Waals surface area (Å²) in [5, 5.41) is 13.8. The molecule has 114 valence electrons. The summed E-state index contributed by atoms with van der Waals surface area (Å²) in [6, 6.07) is 12.0. The summed E-state index contributed by atoms with van der Waals surface area (Å²) in [6.45, 7) is 0.304. The molecule has 0 unspecified atom stereocenters. The molecule has 0 aliphatic rings. The summed E-state index contributed by atoms with van der Waals surface area (Å²) in [6.07, 6.45) is 1.85. The second-order valence-electron chi connectivity index (χ2n) is 4.45. The average molecular weight is 381 g/mol. The molecule has 5 nitrogen and oxygen atoms in total. The molecule has 0 fully saturated rings. The number of amides is 1. The Morgan fingerprint density at radius 3 is 2.73 bits per heavy atom. The molecule has 0 aliphatic heterocycles. The summed E-state index contributed by atoms with van der Waals surface area (Å²) in [5.41, 5.74) is 0.794. The maximum Gasteiger partial charge on any atom is 0.282 e. The number of hydrogen-bond acceptors (Lipinski definition) is 4. The van der Waals surface area contributed by atoms with Crippen molar-refractivity contribution >= 4 is 39.3 Å². The number of carbonyl (C=O) groups excluding carboxylic acids is 1. The standard InChI is InChI=1S/C15H13BrN2O3S/c1-22-12-5-6-14(18(20)21)13(8-12)15(19)17-9-10-3-2-4-11(16)7-10/h2-8H,9H2,1H3,(H,17,19). The van der Waals surface area contributed by atoms with Crippen molar-refractivity contribution < 1.29 is 9.72 Å². The quantitative estimate of drug-likeness (QED) is 0.483. The average Bonchev–Trinajstić information content (AvgIpc) is 2.52. The molecule has 0 saturated carbocycles. The first-order chi connectivity index (χ1) is 10.5. The predicted octanol–water partition coefficient (Wildman–Crippen LogP) is 4.01. The third-order valence-corrected chi connectivity index (χ3v) is 4.21. The van der Waals surface area contributed by atoms with Gasteiger partial charge in [-0.05, 0) is 36.1 Å². The summed E-state index contributed by atoms with van der Waals surface area (Å²) < 4.78 is 0.912. The number of nitrogens with one attached hydrogen (secondary N) is 1. The van der Waals surface area contributed by atoms with E-state index in [1.165, 1.54) is 17.8 Å². The molecule has 0 radical (unpaired) electrons. The molecule has 2 rings (SSSR count). The van der Waals surface area contributed by atoms with Crippen LogP contribution in [0.25, 0.3) is 0 Å².